The number of nitrogens with one attached hydrogen (secondary N) is 1. The predicted molar refractivity (Wildman–Crippen MR) is 38.0 cm³/mol. The van der Waals surface area contributed by atoms with Crippen molar-refractivity contribution in [2.45, 2.75) is 12.5 Å². The van der Waals surface area contributed by atoms with E-state index in [2.05, 4.69) is 10.5 Å². The number of aliphatic carboxylic acids is 1. The summed E-state index contributed by atoms with van der Waals surface area (Å²) < 4.78 is 0. The van der Waals surface area contributed by atoms with Gasteiger partial charge in [-0.25, -0.2) is 4.79 Å². The fourth-order valence-corrected chi connectivity index (χ4v) is 1.07. The maximum atomic E-state index is 10.9. The number of amides is 1. The van der Waals surface area contributed by atoms with Gasteiger partial charge in [0, 0.05) is 0 Å². The van der Waals surface area contributed by atoms with Crippen LogP contribution in [-0.4, -0.2) is 34.4 Å². The van der Waals surface area contributed by atoms with Gasteiger partial charge in [0.25, 0.3) is 0 Å². The molecule has 1 unspecified atom stereocenters. The van der Waals surface area contributed by atoms with Gasteiger partial charge in [-0.2, -0.15) is 0 Å². The van der Waals surface area contributed by atoms with Gasteiger partial charge in [0.15, 0.2) is 0 Å². The van der Waals surface area contributed by atoms with E-state index < -0.39 is 23.8 Å². The Morgan fingerprint density at radius 1 is 1.75 bits per heavy atom. The molecule has 1 fully saturated rings. The van der Waals surface area contributed by atoms with Crippen LogP contribution in [0.15, 0.2) is 5.16 Å². The van der Waals surface area contributed by atoms with Gasteiger partial charge >= 0.3 is 5.97 Å². The van der Waals surface area contributed by atoms with E-state index in [4.69, 9.17) is 10.3 Å². The van der Waals surface area contributed by atoms with Crippen molar-refractivity contribution >= 4 is 18.1 Å². The highest BCUT2D eigenvalue weighted by atomic mass is 16.4. The average Bonchev–Trinajstić information content (AvgIpc) is 2.34. The lowest BCUT2D eigenvalue weighted by molar-refractivity contribution is -0.140. The first kappa shape index (κ1) is 8.51. The lowest BCUT2D eigenvalue weighted by Crippen LogP contribution is -2.32. The smallest absolute Gasteiger partial charge is 0.326 e. The van der Waals surface area contributed by atoms with Crippen molar-refractivity contribution in [1.82, 2.24) is 5.32 Å². The van der Waals surface area contributed by atoms with Gasteiger partial charge in [0.05, 0.1) is 12.1 Å². The van der Waals surface area contributed by atoms with Crippen LogP contribution in [-0.2, 0) is 9.59 Å². The van der Waals surface area contributed by atoms with Gasteiger partial charge in [-0.3, -0.25) is 4.79 Å². The second-order valence-corrected chi connectivity index (χ2v) is 2.51. The maximum absolute atomic E-state index is 10.9. The fraction of sp³-hybridized carbons (Fsp3) is 0.500. The Morgan fingerprint density at radius 2 is 2.42 bits per heavy atom. The average molecular weight is 172 g/mol. The molecule has 3 N–H and O–H groups in total. The van der Waals surface area contributed by atoms with E-state index in [0.717, 1.165) is 6.21 Å². The molecule has 1 heterocycles. The molecule has 0 radical (unpaired) electrons. The number of carbonyl (C=O) groups excluding carboxylic acids is 1. The van der Waals surface area contributed by atoms with Crippen LogP contribution in [0.25, 0.3) is 0 Å². The largest absolute Gasteiger partial charge is 0.480 e. The number of carbonyl (C=O) groups is 2. The normalized spacial score (nSPS) is 29.2. The van der Waals surface area contributed by atoms with Crippen LogP contribution < -0.4 is 5.32 Å². The first-order valence-corrected chi connectivity index (χ1v) is 3.36. The lowest BCUT2D eigenvalue weighted by Gasteiger charge is -1.99. The minimum Gasteiger partial charge on any atom is -0.480 e. The number of rotatable bonds is 2. The minimum atomic E-state index is -1.07. The van der Waals surface area contributed by atoms with Gasteiger partial charge in [-0.1, -0.05) is 0 Å². The highest BCUT2D eigenvalue weighted by Gasteiger charge is 2.34. The fourth-order valence-electron chi connectivity index (χ4n) is 1.07. The molecule has 0 aliphatic carbocycles. The molecule has 0 aromatic heterocycles. The van der Waals surface area contributed by atoms with E-state index in [1.165, 1.54) is 0 Å². The van der Waals surface area contributed by atoms with E-state index in [1.54, 1.807) is 0 Å². The van der Waals surface area contributed by atoms with E-state index in [9.17, 15) is 9.59 Å². The topological polar surface area (TPSA) is 99.0 Å². The molecule has 0 aromatic carbocycles. The summed E-state index contributed by atoms with van der Waals surface area (Å²) >= 11 is 0. The monoisotopic (exact) mass is 172 g/mol. The Kier molecular flexibility index (Phi) is 2.27. The molecule has 1 amide bonds. The van der Waals surface area contributed by atoms with Crippen molar-refractivity contribution < 1.29 is 19.9 Å². The van der Waals surface area contributed by atoms with Gasteiger partial charge in [-0.05, 0) is 6.42 Å². The van der Waals surface area contributed by atoms with E-state index in [0.29, 0.717) is 0 Å². The van der Waals surface area contributed by atoms with Gasteiger partial charge in [0.2, 0.25) is 5.91 Å². The Bertz CT molecular complexity index is 238. The summed E-state index contributed by atoms with van der Waals surface area (Å²) in [6, 6.07) is -0.861. The molecule has 0 saturated carbocycles. The van der Waals surface area contributed by atoms with E-state index >= 15 is 0 Å². The minimum absolute atomic E-state index is 0.137. The number of carboxylic acid groups (broad SMARTS) is 1. The third kappa shape index (κ3) is 1.52. The summed E-state index contributed by atoms with van der Waals surface area (Å²) in [5.74, 6) is -2.12. The van der Waals surface area contributed by atoms with Gasteiger partial charge < -0.3 is 15.6 Å². The van der Waals surface area contributed by atoms with Crippen LogP contribution in [0.4, 0.5) is 0 Å². The summed E-state index contributed by atoms with van der Waals surface area (Å²) in [4.78, 5) is 21.3. The quantitative estimate of drug-likeness (QED) is 0.283. The molecule has 1 saturated heterocycles. The van der Waals surface area contributed by atoms with Crippen LogP contribution in [0.1, 0.15) is 6.42 Å². The summed E-state index contributed by atoms with van der Waals surface area (Å²) in [5, 5.41) is 21.5. The third-order valence-electron chi connectivity index (χ3n) is 1.69. The van der Waals surface area contributed by atoms with Gasteiger partial charge in [0.1, 0.15) is 6.04 Å². The van der Waals surface area contributed by atoms with Crippen molar-refractivity contribution in [1.29, 1.82) is 0 Å². The molecule has 2 atom stereocenters. The van der Waals surface area contributed by atoms with Gasteiger partial charge in [-0.15, -0.1) is 5.16 Å². The highest BCUT2D eigenvalue weighted by Crippen LogP contribution is 2.13. The second kappa shape index (κ2) is 3.21. The molecule has 1 aliphatic heterocycles. The van der Waals surface area contributed by atoms with Crippen LogP contribution in [0.3, 0.4) is 0 Å². The summed E-state index contributed by atoms with van der Waals surface area (Å²) in [5.41, 5.74) is 0. The van der Waals surface area contributed by atoms with Crippen LogP contribution in [0, 0.1) is 5.92 Å². The number of nitrogens with zero attached hydrogens (tertiary/aromatic N) is 1. The SMILES string of the molecule is O=C1N[C@H](C(=O)O)CC1/C=N\O. The van der Waals surface area contributed by atoms with Crippen LogP contribution in [0.5, 0.6) is 0 Å². The van der Waals surface area contributed by atoms with Crippen LogP contribution >= 0.6 is 0 Å². The Labute approximate surface area is 67.9 Å². The standard InChI is InChI=1S/C6H8N2O4/c9-5-3(2-7-12)1-4(8-5)6(10)11/h2-4,12H,1H2,(H,8,9)(H,10,11)/b7-2-/t3?,4-/m0/s1. The number of carboxylic acids is 1. The molecule has 1 rings (SSSR count). The molecule has 1 aliphatic rings. The molecule has 0 spiro atoms. The maximum Gasteiger partial charge on any atom is 0.326 e. The number of oxime groups is 1. The zero-order valence-corrected chi connectivity index (χ0v) is 6.10. The predicted octanol–water partition coefficient (Wildman–Crippen LogP) is -0.964. The van der Waals surface area contributed by atoms with Crippen molar-refractivity contribution in [3.8, 4) is 0 Å². The molecule has 0 bridgehead atoms. The second-order valence-electron chi connectivity index (χ2n) is 2.51. The number of hydrogen-bond acceptors (Lipinski definition) is 4. The molecule has 6 heteroatoms. The van der Waals surface area contributed by atoms with Crippen molar-refractivity contribution in [2.24, 2.45) is 11.1 Å². The summed E-state index contributed by atoms with van der Waals surface area (Å²) in [6.45, 7) is 0. The Hall–Kier alpha value is -1.59. The van der Waals surface area contributed by atoms with E-state index in [1.807, 2.05) is 0 Å². The zero-order chi connectivity index (χ0) is 9.14. The first-order valence-electron chi connectivity index (χ1n) is 3.36. The zero-order valence-electron chi connectivity index (χ0n) is 6.10. The van der Waals surface area contributed by atoms with Crippen molar-refractivity contribution in [3.05, 3.63) is 0 Å². The Balaban J connectivity index is 2.62. The van der Waals surface area contributed by atoms with Crippen molar-refractivity contribution in [2.75, 3.05) is 0 Å². The molecule has 6 nitrogen and oxygen atoms in total. The third-order valence-corrected chi connectivity index (χ3v) is 1.69. The number of hydrogen-bond donors (Lipinski definition) is 3. The van der Waals surface area contributed by atoms with E-state index in [-0.39, 0.29) is 6.42 Å². The highest BCUT2D eigenvalue weighted by molar-refractivity contribution is 5.98. The lowest BCUT2D eigenvalue weighted by atomic mass is 10.1. The van der Waals surface area contributed by atoms with Crippen molar-refractivity contribution in [3.63, 3.8) is 0 Å². The molecule has 66 valence electrons. The molecule has 0 aromatic rings. The Morgan fingerprint density at radius 3 is 2.83 bits per heavy atom. The molecule has 12 heavy (non-hydrogen) atoms. The molecular weight excluding hydrogens is 164 g/mol. The van der Waals surface area contributed by atoms with Crippen LogP contribution in [0.2, 0.25) is 0 Å². The first-order chi connectivity index (χ1) is 5.65. The summed E-state index contributed by atoms with van der Waals surface area (Å²) in [7, 11) is 0. The molecular formula is C6H8N2O4. The summed E-state index contributed by atoms with van der Waals surface area (Å²) in [6.07, 6.45) is 1.16.